The van der Waals surface area contributed by atoms with Crippen LogP contribution in [-0.2, 0) is 0 Å². The highest BCUT2D eigenvalue weighted by molar-refractivity contribution is 4.77. The molecule has 17 heavy (non-hydrogen) atoms. The van der Waals surface area contributed by atoms with E-state index in [1.165, 1.54) is 70.6 Å². The van der Waals surface area contributed by atoms with Crippen molar-refractivity contribution in [3.8, 4) is 0 Å². The van der Waals surface area contributed by atoms with Crippen LogP contribution in [0, 0.1) is 11.8 Å². The molecule has 1 fully saturated rings. The van der Waals surface area contributed by atoms with Gasteiger partial charge in [0, 0.05) is 6.04 Å². The fraction of sp³-hybridized carbons (Fsp3) is 1.00. The summed E-state index contributed by atoms with van der Waals surface area (Å²) in [5.41, 5.74) is 6.44. The lowest BCUT2D eigenvalue weighted by Gasteiger charge is -2.29. The van der Waals surface area contributed by atoms with E-state index in [1.54, 1.807) is 0 Å². The zero-order valence-corrected chi connectivity index (χ0v) is 12.1. The van der Waals surface area contributed by atoms with Crippen molar-refractivity contribution in [2.75, 3.05) is 0 Å². The fourth-order valence-electron chi connectivity index (χ4n) is 3.26. The highest BCUT2D eigenvalue weighted by Gasteiger charge is 2.22. The van der Waals surface area contributed by atoms with Crippen LogP contribution in [0.25, 0.3) is 0 Å². The van der Waals surface area contributed by atoms with Gasteiger partial charge < -0.3 is 5.73 Å². The van der Waals surface area contributed by atoms with Gasteiger partial charge in [0.1, 0.15) is 0 Å². The molecule has 0 aromatic carbocycles. The molecule has 0 spiro atoms. The van der Waals surface area contributed by atoms with Crippen LogP contribution in [0.1, 0.15) is 84.5 Å². The Bertz CT molecular complexity index is 178. The lowest BCUT2D eigenvalue weighted by atomic mass is 9.80. The van der Waals surface area contributed by atoms with E-state index < -0.39 is 0 Å². The average Bonchev–Trinajstić information content (AvgIpc) is 2.33. The van der Waals surface area contributed by atoms with E-state index in [4.69, 9.17) is 5.73 Å². The van der Waals surface area contributed by atoms with Gasteiger partial charge >= 0.3 is 0 Å². The van der Waals surface area contributed by atoms with Gasteiger partial charge in [0.15, 0.2) is 0 Å². The third-order valence-electron chi connectivity index (χ3n) is 4.75. The number of rotatable bonds is 2. The minimum Gasteiger partial charge on any atom is -0.327 e. The Hall–Kier alpha value is -0.0400. The van der Waals surface area contributed by atoms with Gasteiger partial charge in [-0.05, 0) is 24.7 Å². The summed E-state index contributed by atoms with van der Waals surface area (Å²) in [6, 6.07) is 0.462. The first kappa shape index (κ1) is 15.0. The second-order valence-corrected chi connectivity index (χ2v) is 6.12. The van der Waals surface area contributed by atoms with Crippen molar-refractivity contribution in [3.63, 3.8) is 0 Å². The van der Waals surface area contributed by atoms with Crippen LogP contribution >= 0.6 is 0 Å². The SMILES string of the molecule is CCC(C)C1CCCCCCCCCCC1N. The van der Waals surface area contributed by atoms with E-state index in [-0.39, 0.29) is 0 Å². The van der Waals surface area contributed by atoms with Gasteiger partial charge in [-0.3, -0.25) is 0 Å². The summed E-state index contributed by atoms with van der Waals surface area (Å²) in [6.45, 7) is 4.71. The van der Waals surface area contributed by atoms with Crippen molar-refractivity contribution >= 4 is 0 Å². The van der Waals surface area contributed by atoms with Gasteiger partial charge in [-0.25, -0.2) is 0 Å². The third-order valence-corrected chi connectivity index (χ3v) is 4.75. The molecule has 2 N–H and O–H groups in total. The van der Waals surface area contributed by atoms with Crippen LogP contribution < -0.4 is 5.73 Å². The van der Waals surface area contributed by atoms with Gasteiger partial charge in [-0.15, -0.1) is 0 Å². The van der Waals surface area contributed by atoms with E-state index in [0.717, 1.165) is 11.8 Å². The summed E-state index contributed by atoms with van der Waals surface area (Å²) >= 11 is 0. The molecule has 0 bridgehead atoms. The van der Waals surface area contributed by atoms with Crippen LogP contribution in [0.3, 0.4) is 0 Å². The van der Waals surface area contributed by atoms with Crippen LogP contribution in [0.2, 0.25) is 0 Å². The second kappa shape index (κ2) is 8.97. The molecular weight excluding hydrogens is 206 g/mol. The van der Waals surface area contributed by atoms with Crippen molar-refractivity contribution in [2.45, 2.75) is 90.5 Å². The quantitative estimate of drug-likeness (QED) is 0.729. The summed E-state index contributed by atoms with van der Waals surface area (Å²) in [5.74, 6) is 1.59. The summed E-state index contributed by atoms with van der Waals surface area (Å²) in [4.78, 5) is 0. The van der Waals surface area contributed by atoms with Crippen LogP contribution in [0.15, 0.2) is 0 Å². The number of hydrogen-bond donors (Lipinski definition) is 1. The Morgan fingerprint density at radius 2 is 1.35 bits per heavy atom. The first-order valence-corrected chi connectivity index (χ1v) is 8.01. The summed E-state index contributed by atoms with van der Waals surface area (Å²) in [6.07, 6.45) is 15.3. The molecule has 1 aliphatic carbocycles. The number of hydrogen-bond acceptors (Lipinski definition) is 1. The molecule has 1 nitrogen and oxygen atoms in total. The summed E-state index contributed by atoms with van der Waals surface area (Å²) < 4.78 is 0. The minimum absolute atomic E-state index is 0.462. The zero-order valence-electron chi connectivity index (χ0n) is 12.1. The van der Waals surface area contributed by atoms with Gasteiger partial charge in [0.25, 0.3) is 0 Å². The van der Waals surface area contributed by atoms with E-state index in [0.29, 0.717) is 6.04 Å². The molecule has 0 radical (unpaired) electrons. The highest BCUT2D eigenvalue weighted by Crippen LogP contribution is 2.27. The highest BCUT2D eigenvalue weighted by atomic mass is 14.7. The van der Waals surface area contributed by atoms with Crippen molar-refractivity contribution < 1.29 is 0 Å². The monoisotopic (exact) mass is 239 g/mol. The molecule has 0 aromatic heterocycles. The number of nitrogens with two attached hydrogens (primary N) is 1. The fourth-order valence-corrected chi connectivity index (χ4v) is 3.26. The Morgan fingerprint density at radius 1 is 0.882 bits per heavy atom. The first-order valence-electron chi connectivity index (χ1n) is 8.01. The van der Waals surface area contributed by atoms with E-state index in [9.17, 15) is 0 Å². The molecule has 102 valence electrons. The molecule has 1 heteroatoms. The molecule has 1 aliphatic rings. The van der Waals surface area contributed by atoms with Crippen molar-refractivity contribution in [3.05, 3.63) is 0 Å². The predicted molar refractivity (Wildman–Crippen MR) is 77.1 cm³/mol. The van der Waals surface area contributed by atoms with Crippen molar-refractivity contribution in [1.29, 1.82) is 0 Å². The molecule has 3 unspecified atom stereocenters. The maximum Gasteiger partial charge on any atom is 0.00697 e. The van der Waals surface area contributed by atoms with E-state index in [1.807, 2.05) is 0 Å². The molecule has 0 aliphatic heterocycles. The lowest BCUT2D eigenvalue weighted by molar-refractivity contribution is 0.251. The third kappa shape index (κ3) is 5.90. The standard InChI is InChI=1S/C16H33N/c1-3-14(2)15-12-10-8-6-4-5-7-9-11-13-16(15)17/h14-16H,3-13,17H2,1-2H3. The molecule has 0 amide bonds. The lowest BCUT2D eigenvalue weighted by Crippen LogP contribution is -2.34. The summed E-state index contributed by atoms with van der Waals surface area (Å²) in [7, 11) is 0. The van der Waals surface area contributed by atoms with Crippen LogP contribution in [0.5, 0.6) is 0 Å². The zero-order chi connectivity index (χ0) is 12.5. The largest absolute Gasteiger partial charge is 0.327 e. The van der Waals surface area contributed by atoms with Gasteiger partial charge in [-0.1, -0.05) is 71.6 Å². The topological polar surface area (TPSA) is 26.0 Å². The van der Waals surface area contributed by atoms with Gasteiger partial charge in [0.2, 0.25) is 0 Å². The molecular formula is C16H33N. The Balaban J connectivity index is 2.45. The van der Waals surface area contributed by atoms with E-state index >= 15 is 0 Å². The van der Waals surface area contributed by atoms with Crippen LogP contribution in [-0.4, -0.2) is 6.04 Å². The van der Waals surface area contributed by atoms with E-state index in [2.05, 4.69) is 13.8 Å². The minimum atomic E-state index is 0.462. The Kier molecular flexibility index (Phi) is 7.92. The molecule has 3 atom stereocenters. The Morgan fingerprint density at radius 3 is 1.88 bits per heavy atom. The maximum absolute atomic E-state index is 6.44. The predicted octanol–water partition coefficient (Wildman–Crippen LogP) is 4.89. The first-order chi connectivity index (χ1) is 8.25. The normalized spacial score (nSPS) is 31.2. The Labute approximate surface area is 109 Å². The van der Waals surface area contributed by atoms with Crippen LogP contribution in [0.4, 0.5) is 0 Å². The molecule has 1 rings (SSSR count). The van der Waals surface area contributed by atoms with Gasteiger partial charge in [0.05, 0.1) is 0 Å². The molecule has 0 saturated heterocycles. The maximum atomic E-state index is 6.44. The van der Waals surface area contributed by atoms with Crippen molar-refractivity contribution in [1.82, 2.24) is 0 Å². The van der Waals surface area contributed by atoms with Crippen molar-refractivity contribution in [2.24, 2.45) is 17.6 Å². The second-order valence-electron chi connectivity index (χ2n) is 6.12. The van der Waals surface area contributed by atoms with Gasteiger partial charge in [-0.2, -0.15) is 0 Å². The smallest absolute Gasteiger partial charge is 0.00697 e. The molecule has 0 heterocycles. The average molecular weight is 239 g/mol. The summed E-state index contributed by atoms with van der Waals surface area (Å²) in [5, 5.41) is 0. The molecule has 0 aromatic rings. The molecule has 1 saturated carbocycles.